The zero-order valence-electron chi connectivity index (χ0n) is 12.4. The third-order valence-electron chi connectivity index (χ3n) is 3.43. The van der Waals surface area contributed by atoms with Crippen LogP contribution in [0.3, 0.4) is 0 Å². The van der Waals surface area contributed by atoms with Gasteiger partial charge in [-0.05, 0) is 12.8 Å². The number of carbonyl (C=O) groups is 1. The van der Waals surface area contributed by atoms with E-state index in [0.29, 0.717) is 18.4 Å². The molecule has 0 saturated heterocycles. The summed E-state index contributed by atoms with van der Waals surface area (Å²) in [6, 6.07) is 0. The van der Waals surface area contributed by atoms with Gasteiger partial charge in [0.1, 0.15) is 17.3 Å². The maximum Gasteiger partial charge on any atom is 0.303 e. The Kier molecular flexibility index (Phi) is 5.87. The molecule has 2 aromatic heterocycles. The predicted octanol–water partition coefficient (Wildman–Crippen LogP) is 0.886. The largest absolute Gasteiger partial charge is 0.511 e. The second-order valence-corrected chi connectivity index (χ2v) is 4.67. The number of halogens is 1. The van der Waals surface area contributed by atoms with E-state index in [-0.39, 0.29) is 47.3 Å². The van der Waals surface area contributed by atoms with Crippen molar-refractivity contribution < 1.29 is 15.0 Å². The van der Waals surface area contributed by atoms with Crippen LogP contribution in [0.5, 0.6) is 0 Å². The molecule has 22 heavy (non-hydrogen) atoms. The molecule has 0 atom stereocenters. The Bertz CT molecular complexity index is 801. The highest BCUT2D eigenvalue weighted by atomic mass is 35.5. The molecule has 0 fully saturated rings. The second kappa shape index (κ2) is 7.22. The molecule has 0 unspecified atom stereocenters. The number of nitrogens with zero attached hydrogens (tertiary/aromatic N) is 3. The first-order valence-corrected chi connectivity index (χ1v) is 6.82. The number of pyridine rings is 1. The van der Waals surface area contributed by atoms with Gasteiger partial charge in [0.25, 0.3) is 0 Å². The van der Waals surface area contributed by atoms with Gasteiger partial charge in [-0.1, -0.05) is 13.8 Å². The van der Waals surface area contributed by atoms with E-state index in [9.17, 15) is 14.7 Å². The van der Waals surface area contributed by atoms with Gasteiger partial charge < -0.3 is 10.2 Å². The monoisotopic (exact) mass is 327 g/mol. The lowest BCUT2D eigenvalue weighted by atomic mass is 10.1. The SMILES string of the molecule is CCc1c(CC)n2ncnc2c(=C(O)CCC(=O)O)c1=O.Cl. The van der Waals surface area contributed by atoms with Gasteiger partial charge >= 0.3 is 5.97 Å². The van der Waals surface area contributed by atoms with E-state index in [1.807, 2.05) is 13.8 Å². The molecule has 120 valence electrons. The quantitative estimate of drug-likeness (QED) is 0.845. The average molecular weight is 328 g/mol. The Labute approximate surface area is 132 Å². The van der Waals surface area contributed by atoms with Crippen LogP contribution in [0.4, 0.5) is 0 Å². The smallest absolute Gasteiger partial charge is 0.303 e. The Balaban J connectivity index is 0.00000242. The molecule has 2 N–H and O–H groups in total. The van der Waals surface area contributed by atoms with Gasteiger partial charge in [0.15, 0.2) is 11.1 Å². The number of carboxylic acid groups (broad SMARTS) is 1. The number of aliphatic carboxylic acids is 1. The molecule has 0 aliphatic heterocycles. The summed E-state index contributed by atoms with van der Waals surface area (Å²) in [5.41, 5.74) is 1.33. The summed E-state index contributed by atoms with van der Waals surface area (Å²) in [5, 5.41) is 23.0. The number of carboxylic acids is 1. The highest BCUT2D eigenvalue weighted by Gasteiger charge is 2.16. The number of aromatic nitrogens is 3. The van der Waals surface area contributed by atoms with E-state index in [2.05, 4.69) is 10.1 Å². The van der Waals surface area contributed by atoms with Gasteiger partial charge in [-0.3, -0.25) is 9.59 Å². The Morgan fingerprint density at radius 1 is 1.23 bits per heavy atom. The van der Waals surface area contributed by atoms with Crippen LogP contribution in [0.2, 0.25) is 0 Å². The standard InChI is InChI=1S/C14H17N3O4.ClH/c1-3-8-9(4-2)17-14(15-7-16-17)12(13(8)21)10(18)5-6-11(19)20;/h7,18H,3-6H2,1-2H3,(H,19,20);1H. The highest BCUT2D eigenvalue weighted by Crippen LogP contribution is 2.08. The van der Waals surface area contributed by atoms with E-state index in [0.717, 1.165) is 5.69 Å². The Morgan fingerprint density at radius 2 is 1.91 bits per heavy atom. The maximum atomic E-state index is 12.6. The molecule has 0 aromatic carbocycles. The zero-order valence-corrected chi connectivity index (χ0v) is 13.2. The number of fused-ring (bicyclic) bond motifs is 1. The topological polar surface area (TPSA) is 105 Å². The molecule has 2 rings (SSSR count). The summed E-state index contributed by atoms with van der Waals surface area (Å²) < 4.78 is 1.55. The van der Waals surface area contributed by atoms with Crippen LogP contribution in [0, 0.1) is 0 Å². The molecule has 0 amide bonds. The van der Waals surface area contributed by atoms with Gasteiger partial charge in [-0.25, -0.2) is 9.50 Å². The van der Waals surface area contributed by atoms with Crippen LogP contribution in [0.15, 0.2) is 11.1 Å². The molecule has 0 radical (unpaired) electrons. The molecule has 7 nitrogen and oxygen atoms in total. The Hall–Kier alpha value is -2.15. The van der Waals surface area contributed by atoms with Crippen molar-refractivity contribution in [1.82, 2.24) is 14.6 Å². The van der Waals surface area contributed by atoms with Gasteiger partial charge in [0, 0.05) is 12.0 Å². The minimum atomic E-state index is -1.03. The highest BCUT2D eigenvalue weighted by molar-refractivity contribution is 5.85. The third-order valence-corrected chi connectivity index (χ3v) is 3.43. The lowest BCUT2D eigenvalue weighted by molar-refractivity contribution is -0.136. The van der Waals surface area contributed by atoms with Crippen molar-refractivity contribution in [3.05, 3.63) is 33.0 Å². The summed E-state index contributed by atoms with van der Waals surface area (Å²) >= 11 is 0. The molecule has 0 aliphatic rings. The fraction of sp³-hybridized carbons (Fsp3) is 0.429. The molecule has 8 heteroatoms. The summed E-state index contributed by atoms with van der Waals surface area (Å²) in [6.45, 7) is 3.78. The van der Waals surface area contributed by atoms with Crippen molar-refractivity contribution in [1.29, 1.82) is 0 Å². The molecular weight excluding hydrogens is 310 g/mol. The number of aryl methyl sites for hydroxylation is 1. The summed E-state index contributed by atoms with van der Waals surface area (Å²) in [7, 11) is 0. The first kappa shape index (κ1) is 17.9. The third kappa shape index (κ3) is 3.04. The van der Waals surface area contributed by atoms with E-state index in [1.54, 1.807) is 4.52 Å². The van der Waals surface area contributed by atoms with Gasteiger partial charge in [0.2, 0.25) is 0 Å². The number of hydrogen-bond acceptors (Lipinski definition) is 5. The van der Waals surface area contributed by atoms with Crippen molar-refractivity contribution in [2.75, 3.05) is 0 Å². The van der Waals surface area contributed by atoms with E-state index < -0.39 is 5.97 Å². The normalized spacial score (nSPS) is 12.1. The van der Waals surface area contributed by atoms with Crippen molar-refractivity contribution in [2.45, 2.75) is 39.5 Å². The Morgan fingerprint density at radius 3 is 2.45 bits per heavy atom. The summed E-state index contributed by atoms with van der Waals surface area (Å²) in [4.78, 5) is 27.2. The summed E-state index contributed by atoms with van der Waals surface area (Å²) in [5.74, 6) is -1.29. The number of aliphatic hydroxyl groups is 1. The fourth-order valence-electron chi connectivity index (χ4n) is 2.46. The van der Waals surface area contributed by atoms with Crippen molar-refractivity contribution in [2.24, 2.45) is 0 Å². The van der Waals surface area contributed by atoms with Crippen molar-refractivity contribution >= 4 is 29.8 Å². The van der Waals surface area contributed by atoms with Crippen LogP contribution < -0.4 is 10.6 Å². The molecule has 0 spiro atoms. The van der Waals surface area contributed by atoms with E-state index in [4.69, 9.17) is 5.11 Å². The van der Waals surface area contributed by atoms with Gasteiger partial charge in [-0.2, -0.15) is 5.10 Å². The molecule has 0 saturated carbocycles. The van der Waals surface area contributed by atoms with Crippen LogP contribution in [0.25, 0.3) is 11.4 Å². The molecule has 2 heterocycles. The predicted molar refractivity (Wildman–Crippen MR) is 83.4 cm³/mol. The average Bonchev–Trinajstić information content (AvgIpc) is 2.91. The lowest BCUT2D eigenvalue weighted by Crippen LogP contribution is -2.35. The van der Waals surface area contributed by atoms with Gasteiger partial charge in [0.05, 0.1) is 12.1 Å². The van der Waals surface area contributed by atoms with Crippen molar-refractivity contribution in [3.63, 3.8) is 0 Å². The molecular formula is C14H18ClN3O4. The second-order valence-electron chi connectivity index (χ2n) is 4.67. The van der Waals surface area contributed by atoms with Crippen LogP contribution >= 0.6 is 12.4 Å². The molecule has 2 aromatic rings. The van der Waals surface area contributed by atoms with E-state index >= 15 is 0 Å². The lowest BCUT2D eigenvalue weighted by Gasteiger charge is -2.08. The molecule has 0 bridgehead atoms. The van der Waals surface area contributed by atoms with Gasteiger partial charge in [-0.15, -0.1) is 12.4 Å². The fourth-order valence-corrected chi connectivity index (χ4v) is 2.46. The van der Waals surface area contributed by atoms with E-state index in [1.165, 1.54) is 6.33 Å². The summed E-state index contributed by atoms with van der Waals surface area (Å²) in [6.07, 6.45) is 2.09. The number of hydrogen-bond donors (Lipinski definition) is 2. The number of rotatable bonds is 5. The minimum absolute atomic E-state index is 0. The maximum absolute atomic E-state index is 12.6. The first-order chi connectivity index (χ1) is 10.0. The number of aliphatic hydroxyl groups excluding tert-OH is 1. The van der Waals surface area contributed by atoms with Crippen molar-refractivity contribution in [3.8, 4) is 0 Å². The van der Waals surface area contributed by atoms with Crippen LogP contribution in [0.1, 0.15) is 37.9 Å². The minimum Gasteiger partial charge on any atom is -0.511 e. The van der Waals surface area contributed by atoms with Crippen LogP contribution in [-0.2, 0) is 17.6 Å². The molecule has 0 aliphatic carbocycles. The van der Waals surface area contributed by atoms with Crippen LogP contribution in [-0.4, -0.2) is 30.8 Å². The zero-order chi connectivity index (χ0) is 15.6. The first-order valence-electron chi connectivity index (χ1n) is 6.82.